The molecule has 0 N–H and O–H groups in total. The molecule has 4 aromatic rings. The molecule has 0 aliphatic heterocycles. The van der Waals surface area contributed by atoms with Crippen molar-refractivity contribution in [2.45, 2.75) is 19.5 Å². The maximum absolute atomic E-state index is 13.2. The van der Waals surface area contributed by atoms with Crippen LogP contribution in [-0.4, -0.2) is 20.7 Å². The van der Waals surface area contributed by atoms with Gasteiger partial charge in [0.05, 0.1) is 13.1 Å². The van der Waals surface area contributed by atoms with Gasteiger partial charge in [0, 0.05) is 5.56 Å². The van der Waals surface area contributed by atoms with Gasteiger partial charge >= 0.3 is 12.1 Å². The van der Waals surface area contributed by atoms with E-state index in [2.05, 4.69) is 9.84 Å². The number of aromatic nitrogens is 3. The molecular weight excluding hydrogens is 435 g/mol. The van der Waals surface area contributed by atoms with Crippen molar-refractivity contribution in [2.75, 3.05) is 0 Å². The Morgan fingerprint density at radius 3 is 1.85 bits per heavy atom. The highest BCUT2D eigenvalue weighted by molar-refractivity contribution is 5.58. The predicted molar refractivity (Wildman–Crippen MR) is 116 cm³/mol. The lowest BCUT2D eigenvalue weighted by molar-refractivity contribution is -0.274. The maximum Gasteiger partial charge on any atom is 0.573 e. The summed E-state index contributed by atoms with van der Waals surface area (Å²) in [5.74, 6) is -0.423. The molecule has 1 heterocycles. The van der Waals surface area contributed by atoms with Gasteiger partial charge in [0.25, 0.3) is 5.56 Å². The molecule has 0 aliphatic carbocycles. The van der Waals surface area contributed by atoms with Gasteiger partial charge in [0.2, 0.25) is 0 Å². The van der Waals surface area contributed by atoms with Crippen molar-refractivity contribution in [1.82, 2.24) is 14.3 Å². The zero-order valence-corrected chi connectivity index (χ0v) is 17.2. The summed E-state index contributed by atoms with van der Waals surface area (Å²) in [7, 11) is 0. The van der Waals surface area contributed by atoms with Crippen molar-refractivity contribution in [3.63, 3.8) is 0 Å². The molecule has 0 atom stereocenters. The van der Waals surface area contributed by atoms with Crippen LogP contribution in [0.1, 0.15) is 11.1 Å². The van der Waals surface area contributed by atoms with Crippen LogP contribution in [0.15, 0.2) is 94.5 Å². The Morgan fingerprint density at radius 2 is 1.30 bits per heavy atom. The van der Waals surface area contributed by atoms with Crippen molar-refractivity contribution in [3.8, 4) is 17.0 Å². The normalized spacial score (nSPS) is 11.4. The average Bonchev–Trinajstić information content (AvgIpc) is 2.79. The zero-order chi connectivity index (χ0) is 23.4. The molecule has 0 bridgehead atoms. The largest absolute Gasteiger partial charge is 0.573 e. The second-order valence-electron chi connectivity index (χ2n) is 7.22. The van der Waals surface area contributed by atoms with Crippen LogP contribution in [0.2, 0.25) is 0 Å². The molecule has 0 spiro atoms. The Labute approximate surface area is 186 Å². The lowest BCUT2D eigenvalue weighted by atomic mass is 10.1. The predicted octanol–water partition coefficient (Wildman–Crippen LogP) is 4.07. The minimum absolute atomic E-state index is 0.0259. The Kier molecular flexibility index (Phi) is 6.12. The molecule has 168 valence electrons. The fourth-order valence-electron chi connectivity index (χ4n) is 3.32. The molecule has 0 unspecified atom stereocenters. The molecule has 0 aliphatic rings. The topological polar surface area (TPSA) is 66.1 Å². The number of nitrogens with zero attached hydrogens (tertiary/aromatic N) is 3. The zero-order valence-electron chi connectivity index (χ0n) is 17.2. The highest BCUT2D eigenvalue weighted by Crippen LogP contribution is 2.24. The third-order valence-corrected chi connectivity index (χ3v) is 4.84. The van der Waals surface area contributed by atoms with Crippen LogP contribution in [0.3, 0.4) is 0 Å². The molecular formula is C24H18F3N3O3. The van der Waals surface area contributed by atoms with Crippen LogP contribution in [0.25, 0.3) is 11.3 Å². The summed E-state index contributed by atoms with van der Waals surface area (Å²) in [5, 5.41) is 4.25. The molecule has 4 rings (SSSR count). The highest BCUT2D eigenvalue weighted by atomic mass is 19.4. The highest BCUT2D eigenvalue weighted by Gasteiger charge is 2.31. The summed E-state index contributed by atoms with van der Waals surface area (Å²) in [4.78, 5) is 26.3. The van der Waals surface area contributed by atoms with Gasteiger partial charge in [0.1, 0.15) is 5.75 Å². The first-order valence-electron chi connectivity index (χ1n) is 9.96. The Hall–Kier alpha value is -4.14. The third-order valence-electron chi connectivity index (χ3n) is 4.84. The average molecular weight is 453 g/mol. The van der Waals surface area contributed by atoms with Gasteiger partial charge in [-0.2, -0.15) is 5.10 Å². The number of hydrogen-bond acceptors (Lipinski definition) is 4. The Balaban J connectivity index is 1.80. The van der Waals surface area contributed by atoms with Gasteiger partial charge < -0.3 is 4.74 Å². The van der Waals surface area contributed by atoms with Crippen LogP contribution in [-0.2, 0) is 13.1 Å². The first kappa shape index (κ1) is 22.1. The lowest BCUT2D eigenvalue weighted by Gasteiger charge is -2.13. The Bertz CT molecular complexity index is 1350. The summed E-state index contributed by atoms with van der Waals surface area (Å²) in [6, 6.07) is 22.9. The molecule has 3 aromatic carbocycles. The van der Waals surface area contributed by atoms with Crippen LogP contribution in [0.4, 0.5) is 13.2 Å². The minimum atomic E-state index is -4.83. The summed E-state index contributed by atoms with van der Waals surface area (Å²) < 4.78 is 43.5. The number of ether oxygens (including phenoxy) is 1. The number of benzene rings is 3. The van der Waals surface area contributed by atoms with E-state index in [1.165, 1.54) is 16.8 Å². The lowest BCUT2D eigenvalue weighted by Crippen LogP contribution is -2.42. The quantitative estimate of drug-likeness (QED) is 0.442. The van der Waals surface area contributed by atoms with Gasteiger partial charge in [-0.25, -0.2) is 9.48 Å². The molecule has 0 saturated carbocycles. The summed E-state index contributed by atoms with van der Waals surface area (Å²) in [6.45, 7) is 0.148. The van der Waals surface area contributed by atoms with Gasteiger partial charge in [0.15, 0.2) is 5.69 Å². The van der Waals surface area contributed by atoms with E-state index in [1.807, 2.05) is 36.4 Å². The van der Waals surface area contributed by atoms with E-state index >= 15 is 0 Å². The summed E-state index contributed by atoms with van der Waals surface area (Å²) in [5.41, 5.74) is 0.523. The van der Waals surface area contributed by atoms with Gasteiger partial charge in [-0.3, -0.25) is 9.36 Å². The fraction of sp³-hybridized carbons (Fsp3) is 0.125. The first-order valence-corrected chi connectivity index (χ1v) is 9.96. The van der Waals surface area contributed by atoms with Crippen LogP contribution >= 0.6 is 0 Å². The molecule has 0 fully saturated rings. The van der Waals surface area contributed by atoms with Crippen LogP contribution in [0.5, 0.6) is 5.75 Å². The molecule has 6 nitrogen and oxygen atoms in total. The van der Waals surface area contributed by atoms with E-state index in [9.17, 15) is 22.8 Å². The monoisotopic (exact) mass is 453 g/mol. The molecule has 0 saturated heterocycles. The molecule has 1 aromatic heterocycles. The smallest absolute Gasteiger partial charge is 0.406 e. The minimum Gasteiger partial charge on any atom is -0.406 e. The number of alkyl halides is 3. The van der Waals surface area contributed by atoms with Crippen molar-refractivity contribution < 1.29 is 17.9 Å². The van der Waals surface area contributed by atoms with Gasteiger partial charge in [-0.1, -0.05) is 60.7 Å². The van der Waals surface area contributed by atoms with Crippen molar-refractivity contribution in [3.05, 3.63) is 117 Å². The summed E-state index contributed by atoms with van der Waals surface area (Å²) in [6.07, 6.45) is -4.83. The molecule has 0 radical (unpaired) electrons. The standard InChI is InChI=1S/C24H18F3N3O3/c25-24(26,27)33-20-13-11-19(12-14-20)21-22(31)29(15-17-7-3-1-4-8-17)23(32)30(28-21)16-18-9-5-2-6-10-18/h1-14H,15-16H2. The first-order chi connectivity index (χ1) is 15.8. The maximum atomic E-state index is 13.2. The van der Waals surface area contributed by atoms with Crippen molar-refractivity contribution in [2.24, 2.45) is 0 Å². The van der Waals surface area contributed by atoms with Crippen LogP contribution in [0, 0.1) is 0 Å². The second kappa shape index (κ2) is 9.15. The number of rotatable bonds is 6. The van der Waals surface area contributed by atoms with Crippen LogP contribution < -0.4 is 16.0 Å². The van der Waals surface area contributed by atoms with Crippen molar-refractivity contribution in [1.29, 1.82) is 0 Å². The molecule has 33 heavy (non-hydrogen) atoms. The molecule has 9 heteroatoms. The van der Waals surface area contributed by atoms with Crippen molar-refractivity contribution >= 4 is 0 Å². The fourth-order valence-corrected chi connectivity index (χ4v) is 3.32. The van der Waals surface area contributed by atoms with Gasteiger partial charge in [-0.05, 0) is 35.4 Å². The van der Waals surface area contributed by atoms with E-state index in [0.29, 0.717) is 0 Å². The van der Waals surface area contributed by atoms with E-state index in [-0.39, 0.29) is 24.3 Å². The number of halogens is 3. The second-order valence-corrected chi connectivity index (χ2v) is 7.22. The Morgan fingerprint density at radius 1 is 0.758 bits per heavy atom. The van der Waals surface area contributed by atoms with Gasteiger partial charge in [-0.15, -0.1) is 13.2 Å². The number of hydrogen-bond donors (Lipinski definition) is 0. The SMILES string of the molecule is O=c1c(-c2ccc(OC(F)(F)F)cc2)nn(Cc2ccccc2)c(=O)n1Cc1ccccc1. The van der Waals surface area contributed by atoms with E-state index < -0.39 is 23.4 Å². The molecule has 0 amide bonds. The summed E-state index contributed by atoms with van der Waals surface area (Å²) >= 11 is 0. The van der Waals surface area contributed by atoms with E-state index in [4.69, 9.17) is 0 Å². The van der Waals surface area contributed by atoms with E-state index in [1.54, 1.807) is 24.3 Å². The third kappa shape index (κ3) is 5.38. The van der Waals surface area contributed by atoms with E-state index in [0.717, 1.165) is 27.8 Å².